The van der Waals surface area contributed by atoms with Crippen LogP contribution < -0.4 is 20.1 Å². The van der Waals surface area contributed by atoms with Gasteiger partial charge in [-0.2, -0.15) is 0 Å². The number of carbonyl (C=O) groups is 2. The Morgan fingerprint density at radius 1 is 0.962 bits per heavy atom. The highest BCUT2D eigenvalue weighted by atomic mass is 16.5. The van der Waals surface area contributed by atoms with Gasteiger partial charge in [0.25, 0.3) is 5.91 Å². The molecule has 1 saturated carbocycles. The Kier molecular flexibility index (Phi) is 5.11. The molecule has 6 heteroatoms. The van der Waals surface area contributed by atoms with Gasteiger partial charge in [0, 0.05) is 23.6 Å². The molecule has 0 aliphatic heterocycles. The summed E-state index contributed by atoms with van der Waals surface area (Å²) < 4.78 is 10.8. The first-order valence-electron chi connectivity index (χ1n) is 8.46. The van der Waals surface area contributed by atoms with Crippen molar-refractivity contribution < 1.29 is 19.1 Å². The molecule has 2 atom stereocenters. The summed E-state index contributed by atoms with van der Waals surface area (Å²) in [6.45, 7) is 2.05. The second-order valence-electron chi connectivity index (χ2n) is 6.38. The molecule has 2 N–H and O–H groups in total. The molecule has 136 valence electrons. The Labute approximate surface area is 152 Å². The van der Waals surface area contributed by atoms with Crippen molar-refractivity contribution in [2.24, 2.45) is 11.8 Å². The van der Waals surface area contributed by atoms with Crippen LogP contribution in [0.1, 0.15) is 23.7 Å². The summed E-state index contributed by atoms with van der Waals surface area (Å²) in [5.74, 6) is 1.06. The molecule has 0 unspecified atom stereocenters. The number of methoxy groups -OCH3 is 2. The van der Waals surface area contributed by atoms with E-state index in [1.165, 1.54) is 14.2 Å². The summed E-state index contributed by atoms with van der Waals surface area (Å²) in [5, 5.41) is 5.70. The standard InChI is InChI=1S/C20H22N2O4/c1-12-9-14(12)20(24)22-16-11-17(25-2)15(10-18(16)26-3)21-19(23)13-7-5-4-6-8-13/h4-8,10-12,14H,9H2,1-3H3,(H,21,23)(H,22,24)/t12-,14-/m0/s1. The van der Waals surface area contributed by atoms with E-state index in [1.807, 2.05) is 13.0 Å². The van der Waals surface area contributed by atoms with Gasteiger partial charge in [-0.05, 0) is 24.5 Å². The second kappa shape index (κ2) is 7.47. The van der Waals surface area contributed by atoms with E-state index in [-0.39, 0.29) is 17.7 Å². The van der Waals surface area contributed by atoms with Gasteiger partial charge in [0.15, 0.2) is 0 Å². The van der Waals surface area contributed by atoms with E-state index in [2.05, 4.69) is 10.6 Å². The van der Waals surface area contributed by atoms with Crippen LogP contribution in [0.3, 0.4) is 0 Å². The molecule has 0 spiro atoms. The van der Waals surface area contributed by atoms with E-state index in [4.69, 9.17) is 9.47 Å². The molecule has 2 aromatic carbocycles. The van der Waals surface area contributed by atoms with Gasteiger partial charge in [0.1, 0.15) is 11.5 Å². The van der Waals surface area contributed by atoms with Crippen LogP contribution in [-0.2, 0) is 4.79 Å². The fourth-order valence-corrected chi connectivity index (χ4v) is 2.79. The van der Waals surface area contributed by atoms with Crippen molar-refractivity contribution in [3.05, 3.63) is 48.0 Å². The molecule has 1 fully saturated rings. The molecule has 2 amide bonds. The molecule has 0 aromatic heterocycles. The van der Waals surface area contributed by atoms with E-state index in [0.29, 0.717) is 34.4 Å². The van der Waals surface area contributed by atoms with Crippen molar-refractivity contribution in [3.8, 4) is 11.5 Å². The summed E-state index contributed by atoms with van der Waals surface area (Å²) >= 11 is 0. The molecule has 0 heterocycles. The van der Waals surface area contributed by atoms with Crippen LogP contribution >= 0.6 is 0 Å². The fourth-order valence-electron chi connectivity index (χ4n) is 2.79. The highest BCUT2D eigenvalue weighted by Gasteiger charge is 2.39. The first-order chi connectivity index (χ1) is 12.5. The van der Waals surface area contributed by atoms with Crippen molar-refractivity contribution in [1.82, 2.24) is 0 Å². The van der Waals surface area contributed by atoms with Crippen LogP contribution in [0, 0.1) is 11.8 Å². The first-order valence-corrected chi connectivity index (χ1v) is 8.46. The van der Waals surface area contributed by atoms with E-state index in [1.54, 1.807) is 36.4 Å². The van der Waals surface area contributed by atoms with Crippen LogP contribution in [0.4, 0.5) is 11.4 Å². The van der Waals surface area contributed by atoms with Gasteiger partial charge in [-0.1, -0.05) is 25.1 Å². The van der Waals surface area contributed by atoms with Gasteiger partial charge in [-0.3, -0.25) is 9.59 Å². The van der Waals surface area contributed by atoms with Crippen molar-refractivity contribution in [2.45, 2.75) is 13.3 Å². The van der Waals surface area contributed by atoms with Crippen LogP contribution in [-0.4, -0.2) is 26.0 Å². The van der Waals surface area contributed by atoms with Gasteiger partial charge >= 0.3 is 0 Å². The predicted octanol–water partition coefficient (Wildman–Crippen LogP) is 3.55. The number of carbonyl (C=O) groups excluding carboxylic acids is 2. The lowest BCUT2D eigenvalue weighted by Gasteiger charge is -2.16. The number of benzene rings is 2. The lowest BCUT2D eigenvalue weighted by atomic mass is 10.2. The summed E-state index contributed by atoms with van der Waals surface area (Å²) in [6.07, 6.45) is 0.899. The number of nitrogens with one attached hydrogen (secondary N) is 2. The Hall–Kier alpha value is -3.02. The van der Waals surface area contributed by atoms with E-state index >= 15 is 0 Å². The topological polar surface area (TPSA) is 76.7 Å². The first kappa shape index (κ1) is 17.8. The minimum Gasteiger partial charge on any atom is -0.494 e. The summed E-state index contributed by atoms with van der Waals surface area (Å²) in [6, 6.07) is 12.2. The Morgan fingerprint density at radius 2 is 1.50 bits per heavy atom. The third-order valence-corrected chi connectivity index (χ3v) is 4.51. The van der Waals surface area contributed by atoms with E-state index in [9.17, 15) is 9.59 Å². The van der Waals surface area contributed by atoms with Crippen LogP contribution in [0.5, 0.6) is 11.5 Å². The second-order valence-corrected chi connectivity index (χ2v) is 6.38. The van der Waals surface area contributed by atoms with Crippen molar-refractivity contribution in [2.75, 3.05) is 24.9 Å². The van der Waals surface area contributed by atoms with Crippen LogP contribution in [0.25, 0.3) is 0 Å². The normalized spacial score (nSPS) is 18.0. The summed E-state index contributed by atoms with van der Waals surface area (Å²) in [7, 11) is 3.02. The zero-order valence-electron chi connectivity index (χ0n) is 15.0. The number of rotatable bonds is 6. The zero-order chi connectivity index (χ0) is 18.7. The smallest absolute Gasteiger partial charge is 0.255 e. The molecule has 3 rings (SSSR count). The molecular formula is C20H22N2O4. The van der Waals surface area contributed by atoms with Crippen LogP contribution in [0.15, 0.2) is 42.5 Å². The van der Waals surface area contributed by atoms with Crippen molar-refractivity contribution in [3.63, 3.8) is 0 Å². The molecule has 1 aliphatic carbocycles. The van der Waals surface area contributed by atoms with Crippen molar-refractivity contribution >= 4 is 23.2 Å². The highest BCUT2D eigenvalue weighted by molar-refractivity contribution is 6.05. The number of anilines is 2. The van der Waals surface area contributed by atoms with E-state index < -0.39 is 0 Å². The Bertz CT molecular complexity index is 820. The zero-order valence-corrected chi connectivity index (χ0v) is 15.0. The maximum atomic E-state index is 12.4. The number of ether oxygens (including phenoxy) is 2. The lowest BCUT2D eigenvalue weighted by Crippen LogP contribution is -2.16. The molecule has 0 saturated heterocycles. The summed E-state index contributed by atoms with van der Waals surface area (Å²) in [5.41, 5.74) is 1.52. The fraction of sp³-hybridized carbons (Fsp3) is 0.300. The third kappa shape index (κ3) is 3.79. The highest BCUT2D eigenvalue weighted by Crippen LogP contribution is 2.41. The molecule has 26 heavy (non-hydrogen) atoms. The average Bonchev–Trinajstić information content (AvgIpc) is 3.40. The Morgan fingerprint density at radius 3 is 2.00 bits per heavy atom. The SMILES string of the molecule is COc1cc(NC(=O)[C@H]2C[C@@H]2C)c(OC)cc1NC(=O)c1ccccc1. The quantitative estimate of drug-likeness (QED) is 0.832. The van der Waals surface area contributed by atoms with Gasteiger partial charge in [-0.15, -0.1) is 0 Å². The molecule has 1 aliphatic rings. The summed E-state index contributed by atoms with van der Waals surface area (Å²) in [4.78, 5) is 24.6. The molecule has 0 bridgehead atoms. The largest absolute Gasteiger partial charge is 0.494 e. The molecule has 6 nitrogen and oxygen atoms in total. The Balaban J connectivity index is 1.84. The number of amides is 2. The monoisotopic (exact) mass is 354 g/mol. The minimum absolute atomic E-state index is 0.0288. The van der Waals surface area contributed by atoms with Gasteiger partial charge < -0.3 is 20.1 Å². The average molecular weight is 354 g/mol. The molecule has 2 aromatic rings. The van der Waals surface area contributed by atoms with E-state index in [0.717, 1.165) is 6.42 Å². The minimum atomic E-state index is -0.255. The maximum Gasteiger partial charge on any atom is 0.255 e. The van der Waals surface area contributed by atoms with Crippen LogP contribution in [0.2, 0.25) is 0 Å². The molecular weight excluding hydrogens is 332 g/mol. The van der Waals surface area contributed by atoms with Gasteiger partial charge in [-0.25, -0.2) is 0 Å². The van der Waals surface area contributed by atoms with Crippen molar-refractivity contribution in [1.29, 1.82) is 0 Å². The lowest BCUT2D eigenvalue weighted by molar-refractivity contribution is -0.117. The predicted molar refractivity (Wildman–Crippen MR) is 99.8 cm³/mol. The number of hydrogen-bond donors (Lipinski definition) is 2. The maximum absolute atomic E-state index is 12.4. The van der Waals surface area contributed by atoms with Gasteiger partial charge in [0.05, 0.1) is 25.6 Å². The number of hydrogen-bond acceptors (Lipinski definition) is 4. The van der Waals surface area contributed by atoms with Gasteiger partial charge in [0.2, 0.25) is 5.91 Å². The third-order valence-electron chi connectivity index (χ3n) is 4.51. The molecule has 0 radical (unpaired) electrons.